The van der Waals surface area contributed by atoms with Gasteiger partial charge in [-0.15, -0.1) is 0 Å². The Labute approximate surface area is 115 Å². The molecule has 0 unspecified atom stereocenters. The highest BCUT2D eigenvalue weighted by molar-refractivity contribution is 9.10. The number of benzene rings is 1. The number of nitrogens with one attached hydrogen (secondary N) is 1. The molecule has 0 fully saturated rings. The van der Waals surface area contributed by atoms with Gasteiger partial charge in [-0.2, -0.15) is 0 Å². The summed E-state index contributed by atoms with van der Waals surface area (Å²) in [7, 11) is 0. The van der Waals surface area contributed by atoms with Crippen molar-refractivity contribution in [1.82, 2.24) is 0 Å². The topological polar surface area (TPSA) is 47.6 Å². The maximum atomic E-state index is 11.9. The molecule has 0 saturated carbocycles. The molecule has 1 amide bonds. The van der Waals surface area contributed by atoms with Crippen LogP contribution < -0.4 is 14.8 Å². The second-order valence-electron chi connectivity index (χ2n) is 4.17. The Kier molecular flexibility index (Phi) is 4.47. The van der Waals surface area contributed by atoms with Crippen molar-refractivity contribution in [3.63, 3.8) is 0 Å². The molecule has 0 aromatic heterocycles. The fourth-order valence-electron chi connectivity index (χ4n) is 1.71. The summed E-state index contributed by atoms with van der Waals surface area (Å²) >= 11 is 3.40. The lowest BCUT2D eigenvalue weighted by Gasteiger charge is -2.10. The molecular formula is C13H16BrNO3. The summed E-state index contributed by atoms with van der Waals surface area (Å²) in [4.78, 5) is 11.7. The van der Waals surface area contributed by atoms with E-state index in [0.29, 0.717) is 5.75 Å². The number of carbonyl (C=O) groups excluding carboxylic acids is 1. The maximum Gasteiger partial charge on any atom is 0.238 e. The highest BCUT2D eigenvalue weighted by Gasteiger charge is 2.17. The molecule has 98 valence electrons. The number of hydrogen-bond donors (Lipinski definition) is 1. The third-order valence-corrected chi connectivity index (χ3v) is 3.61. The molecule has 0 aliphatic carbocycles. The third-order valence-electron chi connectivity index (χ3n) is 2.74. The number of hydrogen-bond acceptors (Lipinski definition) is 3. The molecule has 2 rings (SSSR count). The minimum atomic E-state index is -0.150. The van der Waals surface area contributed by atoms with Gasteiger partial charge in [0.05, 0.1) is 4.83 Å². The Bertz CT molecular complexity index is 436. The first-order valence-corrected chi connectivity index (χ1v) is 6.97. The average molecular weight is 314 g/mol. The number of alkyl halides is 1. The van der Waals surface area contributed by atoms with Crippen LogP contribution >= 0.6 is 15.9 Å². The molecule has 1 atom stereocenters. The molecule has 1 heterocycles. The smallest absolute Gasteiger partial charge is 0.238 e. The zero-order valence-corrected chi connectivity index (χ0v) is 11.8. The Morgan fingerprint density at radius 3 is 3.00 bits per heavy atom. The number of unbranched alkanes of at least 4 members (excludes halogenated alkanes) is 1. The standard InChI is InChI=1S/C13H16BrNO3/c1-2-3-4-10(14)13(16)15-9-5-6-11-12(7-9)18-8-17-11/h5-7,10H,2-4,8H2,1H3,(H,15,16)/t10-/m0/s1. The first kappa shape index (κ1) is 13.2. The highest BCUT2D eigenvalue weighted by Crippen LogP contribution is 2.34. The molecule has 18 heavy (non-hydrogen) atoms. The molecule has 1 aromatic carbocycles. The van der Waals surface area contributed by atoms with Crippen LogP contribution in [0.25, 0.3) is 0 Å². The van der Waals surface area contributed by atoms with Gasteiger partial charge in [0.25, 0.3) is 0 Å². The van der Waals surface area contributed by atoms with Gasteiger partial charge >= 0.3 is 0 Å². The van der Waals surface area contributed by atoms with Gasteiger partial charge in [-0.1, -0.05) is 35.7 Å². The van der Waals surface area contributed by atoms with Gasteiger partial charge in [-0.25, -0.2) is 0 Å². The number of fused-ring (bicyclic) bond motifs is 1. The van der Waals surface area contributed by atoms with Crippen LogP contribution in [0.3, 0.4) is 0 Å². The normalized spacial score (nSPS) is 14.3. The van der Waals surface area contributed by atoms with Crippen molar-refractivity contribution in [1.29, 1.82) is 0 Å². The second-order valence-corrected chi connectivity index (χ2v) is 5.27. The predicted molar refractivity (Wildman–Crippen MR) is 73.4 cm³/mol. The first-order valence-electron chi connectivity index (χ1n) is 6.05. The van der Waals surface area contributed by atoms with E-state index in [1.165, 1.54) is 0 Å². The largest absolute Gasteiger partial charge is 0.454 e. The van der Waals surface area contributed by atoms with E-state index >= 15 is 0 Å². The Morgan fingerprint density at radius 2 is 2.22 bits per heavy atom. The molecule has 0 spiro atoms. The minimum Gasteiger partial charge on any atom is -0.454 e. The van der Waals surface area contributed by atoms with E-state index in [-0.39, 0.29) is 17.5 Å². The van der Waals surface area contributed by atoms with E-state index in [1.54, 1.807) is 12.1 Å². The highest BCUT2D eigenvalue weighted by atomic mass is 79.9. The summed E-state index contributed by atoms with van der Waals surface area (Å²) in [6.45, 7) is 2.35. The van der Waals surface area contributed by atoms with Crippen LogP contribution in [0, 0.1) is 0 Å². The van der Waals surface area contributed by atoms with Crippen LogP contribution in [0.1, 0.15) is 26.2 Å². The van der Waals surface area contributed by atoms with Crippen LogP contribution in [0.15, 0.2) is 18.2 Å². The van der Waals surface area contributed by atoms with Gasteiger partial charge < -0.3 is 14.8 Å². The van der Waals surface area contributed by atoms with Crippen LogP contribution in [0.4, 0.5) is 5.69 Å². The number of ether oxygens (including phenoxy) is 2. The molecular weight excluding hydrogens is 298 g/mol. The quantitative estimate of drug-likeness (QED) is 0.848. The van der Waals surface area contributed by atoms with Crippen molar-refractivity contribution in [2.75, 3.05) is 12.1 Å². The van der Waals surface area contributed by atoms with Crippen LogP contribution in [-0.2, 0) is 4.79 Å². The predicted octanol–water partition coefficient (Wildman–Crippen LogP) is 3.31. The Morgan fingerprint density at radius 1 is 1.44 bits per heavy atom. The zero-order chi connectivity index (χ0) is 13.0. The molecule has 0 radical (unpaired) electrons. The Balaban J connectivity index is 1.94. The van der Waals surface area contributed by atoms with Gasteiger partial charge in [0.2, 0.25) is 12.7 Å². The van der Waals surface area contributed by atoms with Crippen molar-refractivity contribution >= 4 is 27.5 Å². The van der Waals surface area contributed by atoms with Crippen molar-refractivity contribution < 1.29 is 14.3 Å². The second kappa shape index (κ2) is 6.09. The fourth-order valence-corrected chi connectivity index (χ4v) is 2.15. The van der Waals surface area contributed by atoms with Crippen molar-refractivity contribution in [2.45, 2.75) is 31.0 Å². The molecule has 1 aliphatic heterocycles. The summed E-state index contributed by atoms with van der Waals surface area (Å²) < 4.78 is 10.5. The lowest BCUT2D eigenvalue weighted by atomic mass is 10.2. The van der Waals surface area contributed by atoms with Crippen LogP contribution in [0.2, 0.25) is 0 Å². The van der Waals surface area contributed by atoms with Gasteiger partial charge in [0.1, 0.15) is 0 Å². The van der Waals surface area contributed by atoms with Crippen LogP contribution in [-0.4, -0.2) is 17.5 Å². The summed E-state index contributed by atoms with van der Waals surface area (Å²) in [5.41, 5.74) is 0.727. The van der Waals surface area contributed by atoms with E-state index in [1.807, 2.05) is 6.07 Å². The van der Waals surface area contributed by atoms with E-state index in [9.17, 15) is 4.79 Å². The molecule has 5 heteroatoms. The van der Waals surface area contributed by atoms with Crippen molar-refractivity contribution in [2.24, 2.45) is 0 Å². The van der Waals surface area contributed by atoms with E-state index in [4.69, 9.17) is 9.47 Å². The SMILES string of the molecule is CCCC[C@H](Br)C(=O)Nc1ccc2c(c1)OCO2. The van der Waals surface area contributed by atoms with Crippen molar-refractivity contribution in [3.8, 4) is 11.5 Å². The van der Waals surface area contributed by atoms with Gasteiger partial charge in [0, 0.05) is 11.8 Å². The molecule has 0 saturated heterocycles. The minimum absolute atomic E-state index is 0.0256. The lowest BCUT2D eigenvalue weighted by Crippen LogP contribution is -2.22. The van der Waals surface area contributed by atoms with Gasteiger partial charge in [-0.3, -0.25) is 4.79 Å². The lowest BCUT2D eigenvalue weighted by molar-refractivity contribution is -0.115. The molecule has 0 bridgehead atoms. The summed E-state index contributed by atoms with van der Waals surface area (Å²) in [6.07, 6.45) is 2.96. The average Bonchev–Trinajstić information content (AvgIpc) is 2.83. The molecule has 1 aromatic rings. The number of anilines is 1. The summed E-state index contributed by atoms with van der Waals surface area (Å²) in [5.74, 6) is 1.36. The van der Waals surface area contributed by atoms with E-state index in [0.717, 1.165) is 30.7 Å². The number of halogens is 1. The van der Waals surface area contributed by atoms with Crippen molar-refractivity contribution in [3.05, 3.63) is 18.2 Å². The monoisotopic (exact) mass is 313 g/mol. The van der Waals surface area contributed by atoms with E-state index in [2.05, 4.69) is 28.2 Å². The molecule has 1 aliphatic rings. The number of rotatable bonds is 5. The summed E-state index contributed by atoms with van der Waals surface area (Å²) in [5, 5.41) is 2.86. The number of carbonyl (C=O) groups is 1. The zero-order valence-electron chi connectivity index (χ0n) is 10.2. The number of amides is 1. The summed E-state index contributed by atoms with van der Waals surface area (Å²) in [6, 6.07) is 5.39. The van der Waals surface area contributed by atoms with E-state index < -0.39 is 0 Å². The molecule has 1 N–H and O–H groups in total. The fraction of sp³-hybridized carbons (Fsp3) is 0.462. The first-order chi connectivity index (χ1) is 8.70. The third kappa shape index (κ3) is 3.16. The maximum absolute atomic E-state index is 11.9. The Hall–Kier alpha value is -1.23. The van der Waals surface area contributed by atoms with Gasteiger partial charge in [-0.05, 0) is 18.6 Å². The molecule has 4 nitrogen and oxygen atoms in total. The van der Waals surface area contributed by atoms with Gasteiger partial charge in [0.15, 0.2) is 11.5 Å². The van der Waals surface area contributed by atoms with Crippen LogP contribution in [0.5, 0.6) is 11.5 Å².